The van der Waals surface area contributed by atoms with Gasteiger partial charge in [-0.2, -0.15) is 0 Å². The van der Waals surface area contributed by atoms with Gasteiger partial charge in [-0.25, -0.2) is 0 Å². The molecule has 0 N–H and O–H groups in total. The van der Waals surface area contributed by atoms with E-state index >= 15 is 0 Å². The Morgan fingerprint density at radius 2 is 0.778 bits per heavy atom. The minimum absolute atomic E-state index is 1.11. The summed E-state index contributed by atoms with van der Waals surface area (Å²) in [7, 11) is 0. The van der Waals surface area contributed by atoms with Gasteiger partial charge in [0.25, 0.3) is 0 Å². The molecule has 2 heteroatoms. The van der Waals surface area contributed by atoms with E-state index in [-0.39, 0.29) is 0 Å². The molecule has 0 fully saturated rings. The van der Waals surface area contributed by atoms with Gasteiger partial charge < -0.3 is 4.90 Å². The number of anilines is 3. The Morgan fingerprint density at radius 3 is 1.46 bits per heavy atom. The average Bonchev–Trinajstić information content (AvgIpc) is 3.64. The second-order valence-electron chi connectivity index (χ2n) is 13.8. The zero-order valence-electron chi connectivity index (χ0n) is 29.6. The molecule has 54 heavy (non-hydrogen) atoms. The first-order valence-corrected chi connectivity index (χ1v) is 19.2. The molecule has 0 atom stereocenters. The lowest BCUT2D eigenvalue weighted by Gasteiger charge is -2.26. The maximum Gasteiger partial charge on any atom is 0.0462 e. The predicted octanol–water partition coefficient (Wildman–Crippen LogP) is 15.3. The maximum absolute atomic E-state index is 2.36. The van der Waals surface area contributed by atoms with Crippen LogP contribution in [0, 0.1) is 0 Å². The van der Waals surface area contributed by atoms with Crippen molar-refractivity contribution < 1.29 is 0 Å². The molecular weight excluding hydrogens is 671 g/mol. The largest absolute Gasteiger partial charge is 0.311 e. The molecule has 0 aliphatic heterocycles. The first-order chi connectivity index (χ1) is 26.7. The molecule has 9 aromatic carbocycles. The molecule has 0 aliphatic rings. The molecule has 10 aromatic rings. The Morgan fingerprint density at radius 1 is 0.296 bits per heavy atom. The highest BCUT2D eigenvalue weighted by Gasteiger charge is 2.16. The van der Waals surface area contributed by atoms with E-state index in [1.165, 1.54) is 75.5 Å². The van der Waals surface area contributed by atoms with Gasteiger partial charge in [-0.3, -0.25) is 0 Å². The predicted molar refractivity (Wildman–Crippen MR) is 233 cm³/mol. The molecule has 0 bridgehead atoms. The SMILES string of the molecule is c1ccc(-c2cccc(-c3ccc(N(c4ccc(-c5ccc6ccccc6c5)cc4)c4ccc(-c5cccc6c5sc5ccccc56)cc4)cc3)c2)cc1. The third kappa shape index (κ3) is 5.93. The van der Waals surface area contributed by atoms with Gasteiger partial charge in [-0.1, -0.05) is 158 Å². The number of rotatable bonds is 7. The first-order valence-electron chi connectivity index (χ1n) is 18.4. The van der Waals surface area contributed by atoms with Gasteiger partial charge in [0.2, 0.25) is 0 Å². The van der Waals surface area contributed by atoms with Crippen LogP contribution in [0.3, 0.4) is 0 Å². The molecule has 0 amide bonds. The van der Waals surface area contributed by atoms with E-state index in [9.17, 15) is 0 Å². The average molecular weight is 706 g/mol. The van der Waals surface area contributed by atoms with E-state index in [4.69, 9.17) is 0 Å². The van der Waals surface area contributed by atoms with E-state index in [0.29, 0.717) is 0 Å². The number of benzene rings is 9. The van der Waals surface area contributed by atoms with Crippen molar-refractivity contribution in [3.63, 3.8) is 0 Å². The van der Waals surface area contributed by atoms with Crippen LogP contribution in [0.15, 0.2) is 212 Å². The van der Waals surface area contributed by atoms with Crippen molar-refractivity contribution in [1.29, 1.82) is 0 Å². The van der Waals surface area contributed by atoms with E-state index in [2.05, 4.69) is 217 Å². The zero-order chi connectivity index (χ0) is 35.8. The van der Waals surface area contributed by atoms with Gasteiger partial charge in [0, 0.05) is 37.2 Å². The minimum atomic E-state index is 1.11. The summed E-state index contributed by atoms with van der Waals surface area (Å²) in [5.41, 5.74) is 13.1. The second kappa shape index (κ2) is 13.7. The summed E-state index contributed by atoms with van der Waals surface area (Å²) in [6.45, 7) is 0. The Balaban J connectivity index is 1.03. The smallest absolute Gasteiger partial charge is 0.0462 e. The molecular formula is C52H35NS. The molecule has 0 saturated heterocycles. The van der Waals surface area contributed by atoms with Crippen molar-refractivity contribution in [2.24, 2.45) is 0 Å². The van der Waals surface area contributed by atoms with E-state index in [1.807, 2.05) is 11.3 Å². The standard InChI is InChI=1S/C52H35NS/c1-2-10-36(11-3-1)42-14-8-15-43(34-42)38-22-28-45(29-23-38)53(46-30-24-39(25-31-46)44-21-20-37-12-4-5-13-41(37)35-44)47-32-26-40(27-33-47)48-17-9-18-50-49-16-6-7-19-51(49)54-52(48)50/h1-35H. The summed E-state index contributed by atoms with van der Waals surface area (Å²) in [5, 5.41) is 5.15. The van der Waals surface area contributed by atoms with Crippen LogP contribution >= 0.6 is 11.3 Å². The maximum atomic E-state index is 2.36. The van der Waals surface area contributed by atoms with Gasteiger partial charge in [0.05, 0.1) is 0 Å². The summed E-state index contributed by atoms with van der Waals surface area (Å²) in [4.78, 5) is 2.36. The summed E-state index contributed by atoms with van der Waals surface area (Å²) in [6.07, 6.45) is 0. The van der Waals surface area contributed by atoms with Gasteiger partial charge in [-0.15, -0.1) is 11.3 Å². The zero-order valence-corrected chi connectivity index (χ0v) is 30.4. The number of hydrogen-bond acceptors (Lipinski definition) is 2. The monoisotopic (exact) mass is 705 g/mol. The molecule has 1 aromatic heterocycles. The van der Waals surface area contributed by atoms with Crippen molar-refractivity contribution in [3.8, 4) is 44.5 Å². The second-order valence-corrected chi connectivity index (χ2v) is 14.8. The van der Waals surface area contributed by atoms with Crippen LogP contribution in [-0.4, -0.2) is 0 Å². The van der Waals surface area contributed by atoms with E-state index < -0.39 is 0 Å². The topological polar surface area (TPSA) is 3.24 Å². The molecule has 10 rings (SSSR count). The number of thiophene rings is 1. The summed E-state index contributed by atoms with van der Waals surface area (Å²) < 4.78 is 2.66. The third-order valence-electron chi connectivity index (χ3n) is 10.5. The van der Waals surface area contributed by atoms with Crippen molar-refractivity contribution in [1.82, 2.24) is 0 Å². The molecule has 0 spiro atoms. The Bertz CT molecular complexity index is 2900. The normalized spacial score (nSPS) is 11.3. The molecule has 254 valence electrons. The van der Waals surface area contributed by atoms with Gasteiger partial charge in [0.15, 0.2) is 0 Å². The number of nitrogens with zero attached hydrogens (tertiary/aromatic N) is 1. The highest BCUT2D eigenvalue weighted by Crippen LogP contribution is 2.42. The summed E-state index contributed by atoms with van der Waals surface area (Å²) in [5.74, 6) is 0. The Hall–Kier alpha value is -6.74. The van der Waals surface area contributed by atoms with Gasteiger partial charge in [0.1, 0.15) is 0 Å². The lowest BCUT2D eigenvalue weighted by molar-refractivity contribution is 1.28. The fourth-order valence-corrected chi connectivity index (χ4v) is 8.93. The van der Waals surface area contributed by atoms with Gasteiger partial charge in [-0.05, 0) is 110 Å². The van der Waals surface area contributed by atoms with Crippen LogP contribution in [0.2, 0.25) is 0 Å². The fourth-order valence-electron chi connectivity index (χ4n) is 7.70. The fraction of sp³-hybridized carbons (Fsp3) is 0. The van der Waals surface area contributed by atoms with Crippen molar-refractivity contribution in [3.05, 3.63) is 212 Å². The van der Waals surface area contributed by atoms with Crippen molar-refractivity contribution in [2.75, 3.05) is 4.90 Å². The number of hydrogen-bond donors (Lipinski definition) is 0. The van der Waals surface area contributed by atoms with Crippen LogP contribution in [0.5, 0.6) is 0 Å². The van der Waals surface area contributed by atoms with Crippen LogP contribution < -0.4 is 4.90 Å². The van der Waals surface area contributed by atoms with Crippen LogP contribution in [-0.2, 0) is 0 Å². The molecule has 1 nitrogen and oxygen atoms in total. The molecule has 0 unspecified atom stereocenters. The lowest BCUT2D eigenvalue weighted by atomic mass is 9.98. The van der Waals surface area contributed by atoms with E-state index in [1.54, 1.807) is 0 Å². The molecule has 0 radical (unpaired) electrons. The molecule has 0 saturated carbocycles. The van der Waals surface area contributed by atoms with Gasteiger partial charge >= 0.3 is 0 Å². The summed E-state index contributed by atoms with van der Waals surface area (Å²) >= 11 is 1.88. The third-order valence-corrected chi connectivity index (χ3v) is 11.7. The van der Waals surface area contributed by atoms with Crippen molar-refractivity contribution in [2.45, 2.75) is 0 Å². The number of fused-ring (bicyclic) bond motifs is 4. The Labute approximate surface area is 319 Å². The molecule has 0 aliphatic carbocycles. The highest BCUT2D eigenvalue weighted by atomic mass is 32.1. The minimum Gasteiger partial charge on any atom is -0.311 e. The quantitative estimate of drug-likeness (QED) is 0.160. The van der Waals surface area contributed by atoms with Crippen LogP contribution in [0.25, 0.3) is 75.5 Å². The Kier molecular flexibility index (Phi) is 8.09. The lowest BCUT2D eigenvalue weighted by Crippen LogP contribution is -2.09. The highest BCUT2D eigenvalue weighted by molar-refractivity contribution is 7.26. The molecule has 1 heterocycles. The first kappa shape index (κ1) is 32.0. The van der Waals surface area contributed by atoms with Crippen LogP contribution in [0.4, 0.5) is 17.1 Å². The van der Waals surface area contributed by atoms with E-state index in [0.717, 1.165) is 17.1 Å². The van der Waals surface area contributed by atoms with Crippen LogP contribution in [0.1, 0.15) is 0 Å². The summed E-state index contributed by atoms with van der Waals surface area (Å²) in [6, 6.07) is 77.1. The van der Waals surface area contributed by atoms with Crippen molar-refractivity contribution >= 4 is 59.3 Å².